The van der Waals surface area contributed by atoms with Crippen LogP contribution in [0.15, 0.2) is 47.4 Å². The van der Waals surface area contributed by atoms with Gasteiger partial charge in [0.15, 0.2) is 0 Å². The second-order valence-electron chi connectivity index (χ2n) is 6.80. The van der Waals surface area contributed by atoms with Crippen LogP contribution >= 0.6 is 0 Å². The molecule has 1 heterocycles. The van der Waals surface area contributed by atoms with E-state index in [2.05, 4.69) is 22.0 Å². The van der Waals surface area contributed by atoms with Gasteiger partial charge in [-0.25, -0.2) is 13.1 Å². The third kappa shape index (κ3) is 4.81. The molecule has 0 spiro atoms. The van der Waals surface area contributed by atoms with E-state index < -0.39 is 10.0 Å². The number of rotatable bonds is 6. The fourth-order valence-corrected chi connectivity index (χ4v) is 4.24. The predicted molar refractivity (Wildman–Crippen MR) is 102 cm³/mol. The SMILES string of the molecule is CN1CCC(NC(=O)CCNS(=O)(=O)c2ccc3ccccc3c2)CC1. The zero-order chi connectivity index (χ0) is 18.6. The molecule has 26 heavy (non-hydrogen) atoms. The second kappa shape index (κ2) is 8.16. The molecule has 1 fully saturated rings. The molecular formula is C19H25N3O3S. The van der Waals surface area contributed by atoms with Crippen molar-refractivity contribution in [2.45, 2.75) is 30.2 Å². The average molecular weight is 375 g/mol. The lowest BCUT2D eigenvalue weighted by Crippen LogP contribution is -2.44. The molecule has 2 N–H and O–H groups in total. The van der Waals surface area contributed by atoms with Crippen molar-refractivity contribution in [3.63, 3.8) is 0 Å². The van der Waals surface area contributed by atoms with Crippen molar-refractivity contribution in [3.05, 3.63) is 42.5 Å². The molecule has 2 aromatic rings. The van der Waals surface area contributed by atoms with Crippen molar-refractivity contribution >= 4 is 26.7 Å². The van der Waals surface area contributed by atoms with Crippen LogP contribution in [-0.4, -0.2) is 51.9 Å². The molecular weight excluding hydrogens is 350 g/mol. The first-order valence-corrected chi connectivity index (χ1v) is 10.4. The molecule has 140 valence electrons. The zero-order valence-corrected chi connectivity index (χ0v) is 15.8. The van der Waals surface area contributed by atoms with E-state index in [1.807, 2.05) is 24.3 Å². The molecule has 0 aliphatic carbocycles. The number of nitrogens with zero attached hydrogens (tertiary/aromatic N) is 1. The first-order chi connectivity index (χ1) is 12.4. The van der Waals surface area contributed by atoms with Gasteiger partial charge in [0.25, 0.3) is 0 Å². The van der Waals surface area contributed by atoms with Crippen LogP contribution in [0.4, 0.5) is 0 Å². The Morgan fingerprint density at radius 1 is 1.12 bits per heavy atom. The van der Waals surface area contributed by atoms with Gasteiger partial charge in [0.1, 0.15) is 0 Å². The molecule has 0 unspecified atom stereocenters. The molecule has 2 aromatic carbocycles. The highest BCUT2D eigenvalue weighted by molar-refractivity contribution is 7.89. The Bertz CT molecular complexity index is 874. The molecule has 7 heteroatoms. The Hall–Kier alpha value is -1.96. The van der Waals surface area contributed by atoms with Crippen LogP contribution in [0, 0.1) is 0 Å². The normalized spacial score (nSPS) is 16.7. The standard InChI is InChI=1S/C19H25N3O3S/c1-22-12-9-17(10-13-22)21-19(23)8-11-20-26(24,25)18-7-6-15-4-2-3-5-16(15)14-18/h2-7,14,17,20H,8-13H2,1H3,(H,21,23). The number of nitrogens with one attached hydrogen (secondary N) is 2. The monoisotopic (exact) mass is 375 g/mol. The summed E-state index contributed by atoms with van der Waals surface area (Å²) in [5, 5.41) is 4.85. The van der Waals surface area contributed by atoms with E-state index in [9.17, 15) is 13.2 Å². The quantitative estimate of drug-likeness (QED) is 0.806. The fourth-order valence-electron chi connectivity index (χ4n) is 3.17. The van der Waals surface area contributed by atoms with Gasteiger partial charge in [0, 0.05) is 19.0 Å². The van der Waals surface area contributed by atoms with Gasteiger partial charge in [0.2, 0.25) is 15.9 Å². The summed E-state index contributed by atoms with van der Waals surface area (Å²) in [6, 6.07) is 12.8. The van der Waals surface area contributed by atoms with Crippen molar-refractivity contribution in [1.29, 1.82) is 0 Å². The first-order valence-electron chi connectivity index (χ1n) is 8.90. The summed E-state index contributed by atoms with van der Waals surface area (Å²) in [5.41, 5.74) is 0. The lowest BCUT2D eigenvalue weighted by atomic mass is 10.1. The Morgan fingerprint density at radius 2 is 1.81 bits per heavy atom. The molecule has 6 nitrogen and oxygen atoms in total. The van der Waals surface area contributed by atoms with E-state index in [1.165, 1.54) is 0 Å². The third-order valence-electron chi connectivity index (χ3n) is 4.76. The number of carbonyl (C=O) groups excluding carboxylic acids is 1. The largest absolute Gasteiger partial charge is 0.353 e. The summed E-state index contributed by atoms with van der Waals surface area (Å²) >= 11 is 0. The number of carbonyl (C=O) groups is 1. The Labute approximate surface area is 154 Å². The number of hydrogen-bond acceptors (Lipinski definition) is 4. The second-order valence-corrected chi connectivity index (χ2v) is 8.57. The van der Waals surface area contributed by atoms with Crippen LogP contribution in [0.25, 0.3) is 10.8 Å². The summed E-state index contributed by atoms with van der Waals surface area (Å²) < 4.78 is 27.4. The van der Waals surface area contributed by atoms with E-state index in [0.717, 1.165) is 36.7 Å². The fraction of sp³-hybridized carbons (Fsp3) is 0.421. The maximum atomic E-state index is 12.4. The molecule has 3 rings (SSSR count). The van der Waals surface area contributed by atoms with Gasteiger partial charge < -0.3 is 10.2 Å². The minimum Gasteiger partial charge on any atom is -0.353 e. The number of fused-ring (bicyclic) bond motifs is 1. The third-order valence-corrected chi connectivity index (χ3v) is 6.22. The molecule has 0 bridgehead atoms. The van der Waals surface area contributed by atoms with E-state index >= 15 is 0 Å². The van der Waals surface area contributed by atoms with Gasteiger partial charge in [-0.2, -0.15) is 0 Å². The molecule has 0 radical (unpaired) electrons. The highest BCUT2D eigenvalue weighted by Gasteiger charge is 2.19. The van der Waals surface area contributed by atoms with Crippen molar-refractivity contribution in [1.82, 2.24) is 14.9 Å². The van der Waals surface area contributed by atoms with Crippen LogP contribution in [0.2, 0.25) is 0 Å². The summed E-state index contributed by atoms with van der Waals surface area (Å²) in [5.74, 6) is -0.110. The Kier molecular flexibility index (Phi) is 5.90. The molecule has 1 amide bonds. The summed E-state index contributed by atoms with van der Waals surface area (Å²) in [4.78, 5) is 14.5. The number of piperidine rings is 1. The van der Waals surface area contributed by atoms with Gasteiger partial charge in [0.05, 0.1) is 4.90 Å². The van der Waals surface area contributed by atoms with Crippen molar-refractivity contribution in [2.24, 2.45) is 0 Å². The molecule has 1 aliphatic heterocycles. The van der Waals surface area contributed by atoms with E-state index in [0.29, 0.717) is 0 Å². The smallest absolute Gasteiger partial charge is 0.240 e. The number of benzene rings is 2. The van der Waals surface area contributed by atoms with Crippen molar-refractivity contribution in [2.75, 3.05) is 26.7 Å². The van der Waals surface area contributed by atoms with Crippen LogP contribution in [-0.2, 0) is 14.8 Å². The molecule has 1 aliphatic rings. The molecule has 0 atom stereocenters. The number of hydrogen-bond donors (Lipinski definition) is 2. The number of likely N-dealkylation sites (tertiary alicyclic amines) is 1. The van der Waals surface area contributed by atoms with Crippen LogP contribution < -0.4 is 10.0 Å². The minimum absolute atomic E-state index is 0.0909. The van der Waals surface area contributed by atoms with Gasteiger partial charge in [-0.15, -0.1) is 0 Å². The maximum absolute atomic E-state index is 12.4. The number of amides is 1. The van der Waals surface area contributed by atoms with Gasteiger partial charge in [-0.1, -0.05) is 30.3 Å². The summed E-state index contributed by atoms with van der Waals surface area (Å²) in [6.07, 6.45) is 2.01. The molecule has 1 saturated heterocycles. The van der Waals surface area contributed by atoms with E-state index in [1.54, 1.807) is 18.2 Å². The van der Waals surface area contributed by atoms with Crippen LogP contribution in [0.3, 0.4) is 0 Å². The van der Waals surface area contributed by atoms with Crippen molar-refractivity contribution < 1.29 is 13.2 Å². The predicted octanol–water partition coefficient (Wildman–Crippen LogP) is 1.72. The zero-order valence-electron chi connectivity index (χ0n) is 14.9. The first kappa shape index (κ1) is 18.8. The molecule has 0 saturated carbocycles. The van der Waals surface area contributed by atoms with Gasteiger partial charge >= 0.3 is 0 Å². The highest BCUT2D eigenvalue weighted by atomic mass is 32.2. The highest BCUT2D eigenvalue weighted by Crippen LogP contribution is 2.18. The maximum Gasteiger partial charge on any atom is 0.240 e. The number of sulfonamides is 1. The van der Waals surface area contributed by atoms with Gasteiger partial charge in [-0.05, 0) is 55.9 Å². The minimum atomic E-state index is -3.62. The Morgan fingerprint density at radius 3 is 2.54 bits per heavy atom. The summed E-state index contributed by atoms with van der Waals surface area (Å²) in [6.45, 7) is 2.03. The Balaban J connectivity index is 1.52. The van der Waals surface area contributed by atoms with Gasteiger partial charge in [-0.3, -0.25) is 4.79 Å². The topological polar surface area (TPSA) is 78.5 Å². The lowest BCUT2D eigenvalue weighted by Gasteiger charge is -2.29. The van der Waals surface area contributed by atoms with E-state index in [-0.39, 0.29) is 29.8 Å². The molecule has 0 aromatic heterocycles. The van der Waals surface area contributed by atoms with Crippen molar-refractivity contribution in [3.8, 4) is 0 Å². The lowest BCUT2D eigenvalue weighted by molar-refractivity contribution is -0.121. The summed E-state index contributed by atoms with van der Waals surface area (Å²) in [7, 11) is -1.56. The average Bonchev–Trinajstić information content (AvgIpc) is 2.63. The van der Waals surface area contributed by atoms with E-state index in [4.69, 9.17) is 0 Å². The van der Waals surface area contributed by atoms with Crippen LogP contribution in [0.1, 0.15) is 19.3 Å². The van der Waals surface area contributed by atoms with Crippen LogP contribution in [0.5, 0.6) is 0 Å².